The number of piperidine rings is 1. The average molecular weight is 366 g/mol. The molecule has 138 valence electrons. The van der Waals surface area contributed by atoms with Gasteiger partial charge in [-0.3, -0.25) is 9.59 Å². The van der Waals surface area contributed by atoms with Crippen LogP contribution in [0.25, 0.3) is 0 Å². The summed E-state index contributed by atoms with van der Waals surface area (Å²) in [5, 5.41) is 4.81. The molecule has 1 aliphatic heterocycles. The van der Waals surface area contributed by atoms with E-state index in [9.17, 15) is 14.4 Å². The van der Waals surface area contributed by atoms with Gasteiger partial charge in [-0.2, -0.15) is 0 Å². The monoisotopic (exact) mass is 366 g/mol. The summed E-state index contributed by atoms with van der Waals surface area (Å²) in [4.78, 5) is 38.3. The molecule has 1 aliphatic rings. The van der Waals surface area contributed by atoms with Crippen LogP contribution in [0.1, 0.15) is 56.1 Å². The van der Waals surface area contributed by atoms with E-state index < -0.39 is 5.60 Å². The number of rotatable bonds is 5. The largest absolute Gasteiger partial charge is 0.444 e. The lowest BCUT2D eigenvalue weighted by atomic mass is 10.0. The van der Waals surface area contributed by atoms with Crippen LogP contribution in [0.5, 0.6) is 0 Å². The van der Waals surface area contributed by atoms with Gasteiger partial charge in [0.15, 0.2) is 5.78 Å². The van der Waals surface area contributed by atoms with Crippen LogP contribution in [0.2, 0.25) is 0 Å². The summed E-state index contributed by atoms with van der Waals surface area (Å²) < 4.78 is 5.36. The van der Waals surface area contributed by atoms with E-state index in [0.717, 1.165) is 0 Å². The summed E-state index contributed by atoms with van der Waals surface area (Å²) in [6, 6.07) is 3.65. The Kier molecular flexibility index (Phi) is 6.58. The van der Waals surface area contributed by atoms with Gasteiger partial charge in [0.2, 0.25) is 5.91 Å². The predicted molar refractivity (Wildman–Crippen MR) is 96.9 cm³/mol. The van der Waals surface area contributed by atoms with Crippen molar-refractivity contribution in [3.8, 4) is 0 Å². The smallest absolute Gasteiger partial charge is 0.410 e. The van der Waals surface area contributed by atoms with Crippen LogP contribution in [-0.4, -0.2) is 47.4 Å². The second-order valence-corrected chi connectivity index (χ2v) is 8.16. The molecule has 0 radical (unpaired) electrons. The molecule has 2 rings (SSSR count). The van der Waals surface area contributed by atoms with Gasteiger partial charge in [-0.1, -0.05) is 6.07 Å². The standard InChI is InChI=1S/C18H26N2O4S/c1-18(2,3)24-17(23)20-10-8-13(9-11-20)19-16(22)7-6-14(21)15-5-4-12-25-15/h4-5,12-13H,6-11H2,1-3H3,(H,19,22). The van der Waals surface area contributed by atoms with Crippen LogP contribution in [0.15, 0.2) is 17.5 Å². The molecule has 0 bridgehead atoms. The molecule has 1 aromatic heterocycles. The quantitative estimate of drug-likeness (QED) is 0.812. The molecule has 1 saturated heterocycles. The van der Waals surface area contributed by atoms with E-state index in [4.69, 9.17) is 4.74 Å². The minimum atomic E-state index is -0.503. The van der Waals surface area contributed by atoms with E-state index in [1.807, 2.05) is 32.2 Å². The van der Waals surface area contributed by atoms with Crippen LogP contribution < -0.4 is 5.32 Å². The summed E-state index contributed by atoms with van der Waals surface area (Å²) >= 11 is 1.39. The highest BCUT2D eigenvalue weighted by atomic mass is 32.1. The number of carbonyl (C=O) groups is 3. The third kappa shape index (κ3) is 6.49. The van der Waals surface area contributed by atoms with Crippen LogP contribution in [0, 0.1) is 0 Å². The summed E-state index contributed by atoms with van der Waals surface area (Å²) in [6.45, 7) is 6.65. The van der Waals surface area contributed by atoms with Gasteiger partial charge in [-0.05, 0) is 45.1 Å². The molecule has 6 nitrogen and oxygen atoms in total. The van der Waals surface area contributed by atoms with Crippen molar-refractivity contribution in [1.82, 2.24) is 10.2 Å². The van der Waals surface area contributed by atoms with Crippen molar-refractivity contribution in [3.05, 3.63) is 22.4 Å². The fourth-order valence-electron chi connectivity index (χ4n) is 2.62. The van der Waals surface area contributed by atoms with Gasteiger partial charge in [0.05, 0.1) is 4.88 Å². The van der Waals surface area contributed by atoms with E-state index in [1.54, 1.807) is 11.0 Å². The minimum Gasteiger partial charge on any atom is -0.444 e. The number of nitrogens with zero attached hydrogens (tertiary/aromatic N) is 1. The average Bonchev–Trinajstić information content (AvgIpc) is 3.06. The molecule has 1 aromatic rings. The van der Waals surface area contributed by atoms with Crippen molar-refractivity contribution in [1.29, 1.82) is 0 Å². The van der Waals surface area contributed by atoms with E-state index in [-0.39, 0.29) is 36.7 Å². The molecule has 1 N–H and O–H groups in total. The SMILES string of the molecule is CC(C)(C)OC(=O)N1CCC(NC(=O)CCC(=O)c2cccs2)CC1. The van der Waals surface area contributed by atoms with Gasteiger partial charge in [0.1, 0.15) is 5.60 Å². The topological polar surface area (TPSA) is 75.7 Å². The second-order valence-electron chi connectivity index (χ2n) is 7.21. The number of likely N-dealkylation sites (tertiary alicyclic amines) is 1. The summed E-state index contributed by atoms with van der Waals surface area (Å²) in [5.74, 6) is -0.106. The number of thiophene rings is 1. The van der Waals surface area contributed by atoms with E-state index in [0.29, 0.717) is 30.8 Å². The summed E-state index contributed by atoms with van der Waals surface area (Å²) in [6.07, 6.45) is 1.51. The summed E-state index contributed by atoms with van der Waals surface area (Å²) in [7, 11) is 0. The lowest BCUT2D eigenvalue weighted by Gasteiger charge is -2.33. The number of Topliss-reactive ketones (excluding diaryl/α,β-unsaturated/α-hetero) is 1. The molecule has 2 heterocycles. The van der Waals surface area contributed by atoms with Crippen LogP contribution in [0.3, 0.4) is 0 Å². The van der Waals surface area contributed by atoms with Crippen molar-refractivity contribution < 1.29 is 19.1 Å². The van der Waals surface area contributed by atoms with E-state index in [1.165, 1.54) is 11.3 Å². The van der Waals surface area contributed by atoms with Gasteiger partial charge in [-0.15, -0.1) is 11.3 Å². The first-order valence-corrected chi connectivity index (χ1v) is 9.46. The highest BCUT2D eigenvalue weighted by Crippen LogP contribution is 2.16. The Morgan fingerprint density at radius 2 is 1.92 bits per heavy atom. The maximum atomic E-state index is 12.0. The predicted octanol–water partition coefficient (Wildman–Crippen LogP) is 3.23. The Morgan fingerprint density at radius 1 is 1.24 bits per heavy atom. The van der Waals surface area contributed by atoms with Gasteiger partial charge < -0.3 is 15.0 Å². The minimum absolute atomic E-state index is 0.00453. The Hall–Kier alpha value is -1.89. The zero-order chi connectivity index (χ0) is 18.4. The summed E-state index contributed by atoms with van der Waals surface area (Å²) in [5.41, 5.74) is -0.503. The van der Waals surface area contributed by atoms with Gasteiger partial charge in [-0.25, -0.2) is 4.79 Å². The molecular formula is C18H26N2O4S. The first-order valence-electron chi connectivity index (χ1n) is 8.58. The first-order chi connectivity index (χ1) is 11.7. The number of ketones is 1. The zero-order valence-corrected chi connectivity index (χ0v) is 15.9. The van der Waals surface area contributed by atoms with Crippen molar-refractivity contribution in [2.24, 2.45) is 0 Å². The van der Waals surface area contributed by atoms with Crippen LogP contribution >= 0.6 is 11.3 Å². The Labute approximate surface area is 152 Å². The van der Waals surface area contributed by atoms with E-state index >= 15 is 0 Å². The Balaban J connectivity index is 1.68. The highest BCUT2D eigenvalue weighted by Gasteiger charge is 2.27. The third-order valence-electron chi connectivity index (χ3n) is 3.89. The molecule has 25 heavy (non-hydrogen) atoms. The molecule has 0 spiro atoms. The molecule has 0 saturated carbocycles. The van der Waals surface area contributed by atoms with Crippen molar-refractivity contribution in [2.75, 3.05) is 13.1 Å². The number of hydrogen-bond donors (Lipinski definition) is 1. The normalized spacial score (nSPS) is 15.7. The number of hydrogen-bond acceptors (Lipinski definition) is 5. The molecule has 7 heteroatoms. The number of carbonyl (C=O) groups excluding carboxylic acids is 3. The van der Waals surface area contributed by atoms with Crippen molar-refractivity contribution >= 4 is 29.1 Å². The second kappa shape index (κ2) is 8.47. The molecule has 0 aromatic carbocycles. The third-order valence-corrected chi connectivity index (χ3v) is 4.80. The van der Waals surface area contributed by atoms with Gasteiger partial charge in [0, 0.05) is 32.0 Å². The maximum Gasteiger partial charge on any atom is 0.410 e. The highest BCUT2D eigenvalue weighted by molar-refractivity contribution is 7.12. The number of nitrogens with one attached hydrogen (secondary N) is 1. The fraction of sp³-hybridized carbons (Fsp3) is 0.611. The molecule has 1 fully saturated rings. The van der Waals surface area contributed by atoms with Crippen molar-refractivity contribution in [3.63, 3.8) is 0 Å². The Morgan fingerprint density at radius 3 is 2.48 bits per heavy atom. The number of amides is 2. The van der Waals surface area contributed by atoms with Gasteiger partial charge >= 0.3 is 6.09 Å². The number of ether oxygens (including phenoxy) is 1. The van der Waals surface area contributed by atoms with Crippen molar-refractivity contribution in [2.45, 2.75) is 58.1 Å². The first kappa shape index (κ1) is 19.4. The Bertz CT molecular complexity index is 599. The maximum absolute atomic E-state index is 12.0. The molecule has 0 aliphatic carbocycles. The molecule has 0 unspecified atom stereocenters. The van der Waals surface area contributed by atoms with Crippen LogP contribution in [0.4, 0.5) is 4.79 Å². The van der Waals surface area contributed by atoms with Gasteiger partial charge in [0.25, 0.3) is 0 Å². The fourth-order valence-corrected chi connectivity index (χ4v) is 3.31. The molecular weight excluding hydrogens is 340 g/mol. The van der Waals surface area contributed by atoms with E-state index in [2.05, 4.69) is 5.32 Å². The lowest BCUT2D eigenvalue weighted by Crippen LogP contribution is -2.47. The molecule has 0 atom stereocenters. The lowest BCUT2D eigenvalue weighted by molar-refractivity contribution is -0.122. The molecule has 2 amide bonds. The zero-order valence-electron chi connectivity index (χ0n) is 15.0. The van der Waals surface area contributed by atoms with Crippen LogP contribution in [-0.2, 0) is 9.53 Å².